The second kappa shape index (κ2) is 6.18. The molecule has 0 saturated carbocycles. The van der Waals surface area contributed by atoms with Crippen molar-refractivity contribution in [3.63, 3.8) is 0 Å². The Balaban J connectivity index is 2.01. The zero-order valence-corrected chi connectivity index (χ0v) is 13.8. The van der Waals surface area contributed by atoms with Crippen molar-refractivity contribution in [2.24, 2.45) is 10.2 Å². The quantitative estimate of drug-likeness (QED) is 0.812. The summed E-state index contributed by atoms with van der Waals surface area (Å²) < 4.78 is 11.4. The third kappa shape index (κ3) is 3.37. The molecule has 0 spiro atoms. The van der Waals surface area contributed by atoms with Crippen LogP contribution in [-0.2, 0) is 22.7 Å². The Hall–Kier alpha value is -2.51. The van der Waals surface area contributed by atoms with E-state index < -0.39 is 5.79 Å². The summed E-state index contributed by atoms with van der Waals surface area (Å²) in [7, 11) is 0. The van der Waals surface area contributed by atoms with Gasteiger partial charge in [-0.15, -0.1) is 10.2 Å². The zero-order chi connectivity index (χ0) is 17.3. The van der Waals surface area contributed by atoms with E-state index in [2.05, 4.69) is 15.2 Å². The molecule has 2 aromatic rings. The van der Waals surface area contributed by atoms with Crippen LogP contribution in [0.25, 0.3) is 0 Å². The van der Waals surface area contributed by atoms with Crippen molar-refractivity contribution in [2.75, 3.05) is 0 Å². The van der Waals surface area contributed by atoms with E-state index in [1.165, 1.54) is 6.07 Å². The van der Waals surface area contributed by atoms with Gasteiger partial charge in [0.15, 0.2) is 11.6 Å². The van der Waals surface area contributed by atoms with Gasteiger partial charge in [-0.25, -0.2) is 4.98 Å². The Morgan fingerprint density at radius 2 is 1.79 bits per heavy atom. The second-order valence-electron chi connectivity index (χ2n) is 6.02. The highest BCUT2D eigenvalue weighted by Crippen LogP contribution is 2.36. The van der Waals surface area contributed by atoms with Gasteiger partial charge < -0.3 is 19.7 Å². The molecule has 126 valence electrons. The van der Waals surface area contributed by atoms with Crippen molar-refractivity contribution in [1.82, 2.24) is 4.98 Å². The number of benzene rings is 1. The lowest BCUT2D eigenvalue weighted by atomic mass is 10.1. The minimum atomic E-state index is -0.765. The predicted octanol–water partition coefficient (Wildman–Crippen LogP) is 4.00. The van der Waals surface area contributed by atoms with Crippen LogP contribution >= 0.6 is 0 Å². The molecule has 0 aliphatic carbocycles. The summed E-state index contributed by atoms with van der Waals surface area (Å²) in [4.78, 5) is 4.30. The molecule has 0 radical (unpaired) electrons. The van der Waals surface area contributed by atoms with Crippen molar-refractivity contribution in [3.05, 3.63) is 41.1 Å². The van der Waals surface area contributed by atoms with E-state index >= 15 is 0 Å². The summed E-state index contributed by atoms with van der Waals surface area (Å²) in [6.07, 6.45) is 0. The molecule has 0 fully saturated rings. The first-order chi connectivity index (χ1) is 11.4. The van der Waals surface area contributed by atoms with E-state index in [4.69, 9.17) is 9.47 Å². The SMILES string of the molecule is Cc1nc(N=Nc2cccc(O)c2)c2c(c1O)COC(C)(C)OC2. The molecule has 3 rings (SSSR count). The number of ether oxygens (including phenoxy) is 2. The lowest BCUT2D eigenvalue weighted by Gasteiger charge is -2.22. The minimum absolute atomic E-state index is 0.0857. The van der Waals surface area contributed by atoms with Crippen molar-refractivity contribution in [2.45, 2.75) is 39.8 Å². The van der Waals surface area contributed by atoms with Gasteiger partial charge in [-0.05, 0) is 32.9 Å². The maximum atomic E-state index is 10.3. The normalized spacial score (nSPS) is 16.8. The van der Waals surface area contributed by atoms with Gasteiger partial charge in [-0.2, -0.15) is 0 Å². The Bertz CT molecular complexity index is 803. The fourth-order valence-corrected chi connectivity index (χ4v) is 2.36. The molecule has 0 saturated heterocycles. The van der Waals surface area contributed by atoms with Gasteiger partial charge in [0.2, 0.25) is 0 Å². The van der Waals surface area contributed by atoms with Gasteiger partial charge >= 0.3 is 0 Å². The molecule has 0 amide bonds. The number of aryl methyl sites for hydroxylation is 1. The molecular weight excluding hydrogens is 310 g/mol. The summed E-state index contributed by atoms with van der Waals surface area (Å²) in [5.41, 5.74) is 2.20. The topological polar surface area (TPSA) is 96.5 Å². The van der Waals surface area contributed by atoms with E-state index in [0.717, 1.165) is 0 Å². The first-order valence-electron chi connectivity index (χ1n) is 7.56. The highest BCUT2D eigenvalue weighted by atomic mass is 16.7. The number of azo groups is 1. The fourth-order valence-electron chi connectivity index (χ4n) is 2.36. The summed E-state index contributed by atoms with van der Waals surface area (Å²) in [5, 5.41) is 28.1. The third-order valence-corrected chi connectivity index (χ3v) is 3.75. The molecule has 7 heteroatoms. The van der Waals surface area contributed by atoms with Crippen LogP contribution in [0.5, 0.6) is 11.5 Å². The van der Waals surface area contributed by atoms with Gasteiger partial charge in [0, 0.05) is 17.2 Å². The lowest BCUT2D eigenvalue weighted by Crippen LogP contribution is -2.25. The van der Waals surface area contributed by atoms with Crippen LogP contribution in [0.3, 0.4) is 0 Å². The summed E-state index contributed by atoms with van der Waals surface area (Å²) in [6, 6.07) is 6.45. The van der Waals surface area contributed by atoms with E-state index in [9.17, 15) is 10.2 Å². The molecule has 1 aliphatic rings. The molecule has 7 nitrogen and oxygen atoms in total. The van der Waals surface area contributed by atoms with E-state index in [-0.39, 0.29) is 24.7 Å². The molecule has 0 unspecified atom stereocenters. The van der Waals surface area contributed by atoms with Crippen LogP contribution in [0.4, 0.5) is 11.5 Å². The zero-order valence-electron chi connectivity index (χ0n) is 13.8. The molecule has 2 heterocycles. The maximum Gasteiger partial charge on any atom is 0.180 e. The van der Waals surface area contributed by atoms with Crippen LogP contribution in [0.15, 0.2) is 34.5 Å². The molecule has 0 atom stereocenters. The van der Waals surface area contributed by atoms with Crippen molar-refractivity contribution >= 4 is 11.5 Å². The molecule has 1 aliphatic heterocycles. The highest BCUT2D eigenvalue weighted by Gasteiger charge is 2.28. The van der Waals surface area contributed by atoms with Crippen LogP contribution in [0, 0.1) is 6.92 Å². The van der Waals surface area contributed by atoms with Crippen LogP contribution in [0.2, 0.25) is 0 Å². The molecule has 1 aromatic heterocycles. The standard InChI is InChI=1S/C17H19N3O4/c1-10-15(22)13-8-23-17(2,3)24-9-14(13)16(18-10)20-19-11-5-4-6-12(21)7-11/h4-7,21-22H,8-9H2,1-3H3. The summed E-state index contributed by atoms with van der Waals surface area (Å²) in [5.74, 6) is -0.204. The van der Waals surface area contributed by atoms with Crippen LogP contribution in [0.1, 0.15) is 30.7 Å². The van der Waals surface area contributed by atoms with Gasteiger partial charge in [-0.3, -0.25) is 0 Å². The summed E-state index contributed by atoms with van der Waals surface area (Å²) >= 11 is 0. The van der Waals surface area contributed by atoms with Gasteiger partial charge in [0.05, 0.1) is 24.6 Å². The number of rotatable bonds is 2. The van der Waals surface area contributed by atoms with Crippen molar-refractivity contribution in [3.8, 4) is 11.5 Å². The Morgan fingerprint density at radius 1 is 1.08 bits per heavy atom. The molecule has 24 heavy (non-hydrogen) atoms. The smallest absolute Gasteiger partial charge is 0.180 e. The van der Waals surface area contributed by atoms with Crippen molar-refractivity contribution < 1.29 is 19.7 Å². The fraction of sp³-hybridized carbons (Fsp3) is 0.353. The molecule has 0 bridgehead atoms. The Labute approximate surface area is 139 Å². The number of fused-ring (bicyclic) bond motifs is 1. The monoisotopic (exact) mass is 329 g/mol. The number of pyridine rings is 1. The molecular formula is C17H19N3O4. The Kier molecular flexibility index (Phi) is 4.21. The van der Waals surface area contributed by atoms with Crippen molar-refractivity contribution in [1.29, 1.82) is 0 Å². The van der Waals surface area contributed by atoms with Crippen LogP contribution < -0.4 is 0 Å². The molecule has 1 aromatic carbocycles. The number of hydrogen-bond donors (Lipinski definition) is 2. The maximum absolute atomic E-state index is 10.3. The number of aromatic hydroxyl groups is 2. The number of phenols is 1. The number of hydrogen-bond acceptors (Lipinski definition) is 7. The first kappa shape index (κ1) is 16.4. The number of aromatic nitrogens is 1. The largest absolute Gasteiger partial charge is 0.508 e. The first-order valence-corrected chi connectivity index (χ1v) is 7.56. The Morgan fingerprint density at radius 3 is 2.50 bits per heavy atom. The highest BCUT2D eigenvalue weighted by molar-refractivity contribution is 5.53. The van der Waals surface area contributed by atoms with E-state index in [1.807, 2.05) is 13.8 Å². The van der Waals surface area contributed by atoms with Gasteiger partial charge in [-0.1, -0.05) is 6.07 Å². The van der Waals surface area contributed by atoms with Gasteiger partial charge in [0.1, 0.15) is 11.5 Å². The minimum Gasteiger partial charge on any atom is -0.508 e. The van der Waals surface area contributed by atoms with E-state index in [0.29, 0.717) is 28.3 Å². The second-order valence-corrected chi connectivity index (χ2v) is 6.02. The average Bonchev–Trinajstić information content (AvgIpc) is 2.69. The lowest BCUT2D eigenvalue weighted by molar-refractivity contribution is -0.219. The van der Waals surface area contributed by atoms with Crippen LogP contribution in [-0.4, -0.2) is 21.0 Å². The average molecular weight is 329 g/mol. The number of nitrogens with zero attached hydrogens (tertiary/aromatic N) is 3. The predicted molar refractivity (Wildman–Crippen MR) is 86.6 cm³/mol. The number of phenolic OH excluding ortho intramolecular Hbond substituents is 1. The van der Waals surface area contributed by atoms with Gasteiger partial charge in [0.25, 0.3) is 0 Å². The third-order valence-electron chi connectivity index (χ3n) is 3.75. The summed E-state index contributed by atoms with van der Waals surface area (Å²) in [6.45, 7) is 5.72. The molecule has 2 N–H and O–H groups in total. The van der Waals surface area contributed by atoms with E-state index in [1.54, 1.807) is 25.1 Å².